The average Bonchev–Trinajstić information content (AvgIpc) is 2.56. The largest absolute Gasteiger partial charge is 0.481 e. The molecule has 0 aliphatic heterocycles. The molecule has 1 aliphatic carbocycles. The Morgan fingerprint density at radius 2 is 1.57 bits per heavy atom. The molecule has 1 rings (SSSR count). The van der Waals surface area contributed by atoms with Crippen molar-refractivity contribution in [2.75, 3.05) is 6.54 Å². The zero-order valence-corrected chi connectivity index (χ0v) is 13.9. The number of aliphatic carboxylic acids is 1. The maximum atomic E-state index is 11.9. The van der Waals surface area contributed by atoms with Crippen molar-refractivity contribution in [1.82, 2.24) is 5.32 Å². The van der Waals surface area contributed by atoms with Gasteiger partial charge in [-0.3, -0.25) is 9.59 Å². The number of aliphatic hydroxyl groups excluding tert-OH is 2. The second-order valence-electron chi connectivity index (χ2n) is 6.54. The smallest absolute Gasteiger partial charge is 0.303 e. The summed E-state index contributed by atoms with van der Waals surface area (Å²) in [4.78, 5) is 22.2. The van der Waals surface area contributed by atoms with Crippen LogP contribution >= 0.6 is 0 Å². The minimum absolute atomic E-state index is 0.0266. The molecule has 0 aromatic heterocycles. The zero-order valence-electron chi connectivity index (χ0n) is 13.9. The van der Waals surface area contributed by atoms with Crippen LogP contribution in [-0.2, 0) is 9.59 Å². The van der Waals surface area contributed by atoms with Crippen LogP contribution in [0.1, 0.15) is 70.6 Å². The number of hydrogen-bond acceptors (Lipinski definition) is 4. The van der Waals surface area contributed by atoms with Gasteiger partial charge in [0, 0.05) is 13.0 Å². The molecular formula is C17H31NO5. The standard InChI is InChI=1S/C17H31NO5/c19-14(20)11-7-2-1-3-8-12-18-17(23)16(22)15(21)13-9-5-4-6-10-13/h13,15-16,21-22H,1-12H2,(H,18,23)(H,19,20). The predicted octanol–water partition coefficient (Wildman–Crippen LogP) is 1.83. The lowest BCUT2D eigenvalue weighted by atomic mass is 9.83. The van der Waals surface area contributed by atoms with E-state index in [0.29, 0.717) is 13.0 Å². The lowest BCUT2D eigenvalue weighted by Crippen LogP contribution is -2.46. The summed E-state index contributed by atoms with van der Waals surface area (Å²) in [6.07, 6.45) is 7.15. The molecule has 1 aliphatic rings. The highest BCUT2D eigenvalue weighted by molar-refractivity contribution is 5.81. The SMILES string of the molecule is O=C(O)CCCCCCCNC(=O)C(O)C(O)C1CCCCC1. The van der Waals surface area contributed by atoms with Gasteiger partial charge in [-0.25, -0.2) is 0 Å². The van der Waals surface area contributed by atoms with E-state index in [-0.39, 0.29) is 12.3 Å². The zero-order chi connectivity index (χ0) is 17.1. The van der Waals surface area contributed by atoms with E-state index in [0.717, 1.165) is 57.8 Å². The maximum absolute atomic E-state index is 11.9. The molecule has 0 aromatic rings. The first-order valence-electron chi connectivity index (χ1n) is 8.88. The van der Waals surface area contributed by atoms with Gasteiger partial charge in [0.2, 0.25) is 0 Å². The highest BCUT2D eigenvalue weighted by Gasteiger charge is 2.31. The van der Waals surface area contributed by atoms with Crippen molar-refractivity contribution in [1.29, 1.82) is 0 Å². The van der Waals surface area contributed by atoms with Crippen LogP contribution in [0.25, 0.3) is 0 Å². The number of hydrogen-bond donors (Lipinski definition) is 4. The Morgan fingerprint density at radius 1 is 0.957 bits per heavy atom. The van der Waals surface area contributed by atoms with Crippen molar-refractivity contribution in [2.45, 2.75) is 82.8 Å². The molecule has 0 aromatic carbocycles. The van der Waals surface area contributed by atoms with Crippen LogP contribution < -0.4 is 5.32 Å². The van der Waals surface area contributed by atoms with E-state index in [4.69, 9.17) is 5.11 Å². The van der Waals surface area contributed by atoms with Crippen LogP contribution in [0.4, 0.5) is 0 Å². The molecule has 1 fully saturated rings. The second kappa shape index (κ2) is 11.4. The van der Waals surface area contributed by atoms with Crippen molar-refractivity contribution >= 4 is 11.9 Å². The molecule has 6 heteroatoms. The lowest BCUT2D eigenvalue weighted by Gasteiger charge is -2.29. The second-order valence-corrected chi connectivity index (χ2v) is 6.54. The fourth-order valence-electron chi connectivity index (χ4n) is 3.14. The first-order chi connectivity index (χ1) is 11.0. The fraction of sp³-hybridized carbons (Fsp3) is 0.882. The first-order valence-corrected chi connectivity index (χ1v) is 8.88. The predicted molar refractivity (Wildman–Crippen MR) is 86.9 cm³/mol. The number of carboxylic acids is 1. The minimum Gasteiger partial charge on any atom is -0.481 e. The average molecular weight is 329 g/mol. The van der Waals surface area contributed by atoms with Crippen LogP contribution in [-0.4, -0.2) is 45.9 Å². The molecule has 2 unspecified atom stereocenters. The van der Waals surface area contributed by atoms with Crippen LogP contribution in [0.2, 0.25) is 0 Å². The highest BCUT2D eigenvalue weighted by Crippen LogP contribution is 2.27. The van der Waals surface area contributed by atoms with Crippen LogP contribution in [0.5, 0.6) is 0 Å². The number of rotatable bonds is 11. The van der Waals surface area contributed by atoms with Crippen LogP contribution in [0.15, 0.2) is 0 Å². The third-order valence-corrected chi connectivity index (χ3v) is 4.59. The molecule has 0 bridgehead atoms. The van der Waals surface area contributed by atoms with Gasteiger partial charge in [-0.2, -0.15) is 0 Å². The van der Waals surface area contributed by atoms with Crippen LogP contribution in [0, 0.1) is 5.92 Å². The number of carboxylic acid groups (broad SMARTS) is 1. The van der Waals surface area contributed by atoms with Crippen molar-refractivity contribution in [2.24, 2.45) is 5.92 Å². The summed E-state index contributed by atoms with van der Waals surface area (Å²) in [5.74, 6) is -1.23. The molecule has 4 N–H and O–H groups in total. The Labute approximate surface area is 138 Å². The summed E-state index contributed by atoms with van der Waals surface area (Å²) in [5.41, 5.74) is 0. The maximum Gasteiger partial charge on any atom is 0.303 e. The topological polar surface area (TPSA) is 107 Å². The monoisotopic (exact) mass is 329 g/mol. The number of unbranched alkanes of at least 4 members (excludes halogenated alkanes) is 4. The Kier molecular flexibility index (Phi) is 9.87. The number of carbonyl (C=O) groups is 2. The van der Waals surface area contributed by atoms with Gasteiger partial charge in [-0.05, 0) is 31.6 Å². The Hall–Kier alpha value is -1.14. The number of nitrogens with one attached hydrogen (secondary N) is 1. The van der Waals surface area contributed by atoms with E-state index in [9.17, 15) is 19.8 Å². The van der Waals surface area contributed by atoms with E-state index in [1.165, 1.54) is 0 Å². The molecule has 0 spiro atoms. The summed E-state index contributed by atoms with van der Waals surface area (Å²) in [7, 11) is 0. The van der Waals surface area contributed by atoms with Crippen LogP contribution in [0.3, 0.4) is 0 Å². The molecule has 6 nitrogen and oxygen atoms in total. The van der Waals surface area contributed by atoms with E-state index in [1.54, 1.807) is 0 Å². The van der Waals surface area contributed by atoms with Gasteiger partial charge in [0.25, 0.3) is 5.91 Å². The number of aliphatic hydroxyl groups is 2. The summed E-state index contributed by atoms with van der Waals surface area (Å²) < 4.78 is 0. The summed E-state index contributed by atoms with van der Waals surface area (Å²) >= 11 is 0. The van der Waals surface area contributed by atoms with Gasteiger partial charge in [0.1, 0.15) is 0 Å². The van der Waals surface area contributed by atoms with Gasteiger partial charge in [0.15, 0.2) is 6.10 Å². The molecule has 0 saturated heterocycles. The third kappa shape index (κ3) is 8.32. The van der Waals surface area contributed by atoms with E-state index in [1.807, 2.05) is 0 Å². The summed E-state index contributed by atoms with van der Waals surface area (Å²) in [6, 6.07) is 0. The van der Waals surface area contributed by atoms with E-state index < -0.39 is 24.1 Å². The molecule has 0 heterocycles. The first kappa shape index (κ1) is 19.9. The summed E-state index contributed by atoms with van der Waals surface area (Å²) in [5, 5.41) is 31.2. The van der Waals surface area contributed by atoms with Crippen molar-refractivity contribution in [3.8, 4) is 0 Å². The van der Waals surface area contributed by atoms with Gasteiger partial charge >= 0.3 is 5.97 Å². The fourth-order valence-corrected chi connectivity index (χ4v) is 3.14. The van der Waals surface area contributed by atoms with Crippen molar-refractivity contribution in [3.63, 3.8) is 0 Å². The van der Waals surface area contributed by atoms with Gasteiger partial charge < -0.3 is 20.6 Å². The highest BCUT2D eigenvalue weighted by atomic mass is 16.4. The normalized spacial score (nSPS) is 18.3. The molecule has 134 valence electrons. The Morgan fingerprint density at radius 3 is 2.22 bits per heavy atom. The minimum atomic E-state index is -1.34. The molecule has 23 heavy (non-hydrogen) atoms. The third-order valence-electron chi connectivity index (χ3n) is 4.59. The molecule has 2 atom stereocenters. The van der Waals surface area contributed by atoms with Gasteiger partial charge in [-0.1, -0.05) is 38.5 Å². The summed E-state index contributed by atoms with van der Waals surface area (Å²) in [6.45, 7) is 0.478. The Bertz CT molecular complexity index is 355. The quantitative estimate of drug-likeness (QED) is 0.433. The molecule has 1 saturated carbocycles. The molecule has 1 amide bonds. The molecular weight excluding hydrogens is 298 g/mol. The Balaban J connectivity index is 2.07. The van der Waals surface area contributed by atoms with Crippen molar-refractivity contribution in [3.05, 3.63) is 0 Å². The van der Waals surface area contributed by atoms with Crippen molar-refractivity contribution < 1.29 is 24.9 Å². The van der Waals surface area contributed by atoms with E-state index >= 15 is 0 Å². The lowest BCUT2D eigenvalue weighted by molar-refractivity contribution is -0.138. The molecule has 0 radical (unpaired) electrons. The number of amides is 1. The van der Waals surface area contributed by atoms with E-state index in [2.05, 4.69) is 5.32 Å². The number of carbonyl (C=O) groups excluding carboxylic acids is 1. The van der Waals surface area contributed by atoms with Gasteiger partial charge in [-0.15, -0.1) is 0 Å². The van der Waals surface area contributed by atoms with Gasteiger partial charge in [0.05, 0.1) is 6.10 Å².